The molecule has 3 N–H and O–H groups in total. The smallest absolute Gasteiger partial charge is 0.193 e. The second kappa shape index (κ2) is 9.27. The van der Waals surface area contributed by atoms with Crippen LogP contribution in [-0.2, 0) is 10.3 Å². The molecule has 0 bridgehead atoms. The number of benzene rings is 1. The summed E-state index contributed by atoms with van der Waals surface area (Å²) in [7, 11) is 1.80. The summed E-state index contributed by atoms with van der Waals surface area (Å²) in [6, 6.07) is 6.96. The van der Waals surface area contributed by atoms with Crippen LogP contribution in [0.15, 0.2) is 23.2 Å². The minimum atomic E-state index is -0.938. The Hall–Kier alpha value is -1.59. The summed E-state index contributed by atoms with van der Waals surface area (Å²) >= 11 is 0. The fourth-order valence-electron chi connectivity index (χ4n) is 4.33. The molecule has 0 heterocycles. The van der Waals surface area contributed by atoms with Gasteiger partial charge in [0.2, 0.25) is 0 Å². The van der Waals surface area contributed by atoms with Crippen LogP contribution >= 0.6 is 0 Å². The van der Waals surface area contributed by atoms with Gasteiger partial charge in [0.05, 0.1) is 0 Å². The van der Waals surface area contributed by atoms with Crippen LogP contribution in [0.1, 0.15) is 88.8 Å². The Balaban J connectivity index is 2.17. The number of unbranched alkanes of at least 4 members (excludes halogenated alkanes) is 1. The molecule has 2 rings (SSSR count). The molecule has 0 saturated heterocycles. The number of nitrogens with zero attached hydrogens (tertiary/aromatic N) is 2. The first-order chi connectivity index (χ1) is 13.2. The SMILES string of the molecule is CCCCC1(c2ccc([C@@H](C)CC(C)(OO)N(C)C(N)=NCC)c(C)c2)CC1. The molecule has 1 aromatic carbocycles. The largest absolute Gasteiger partial charge is 0.370 e. The van der Waals surface area contributed by atoms with Crippen molar-refractivity contribution in [2.24, 2.45) is 10.7 Å². The van der Waals surface area contributed by atoms with E-state index in [0.29, 0.717) is 24.3 Å². The van der Waals surface area contributed by atoms with Gasteiger partial charge in [-0.15, -0.1) is 0 Å². The molecule has 1 fully saturated rings. The van der Waals surface area contributed by atoms with Gasteiger partial charge in [0.25, 0.3) is 0 Å². The second-order valence-electron chi connectivity index (χ2n) is 8.72. The first kappa shape index (κ1) is 22.7. The average Bonchev–Trinajstić information content (AvgIpc) is 3.46. The number of hydrogen-bond donors (Lipinski definition) is 2. The van der Waals surface area contributed by atoms with Crippen LogP contribution in [0, 0.1) is 6.92 Å². The van der Waals surface area contributed by atoms with E-state index < -0.39 is 5.72 Å². The number of guanidine groups is 1. The first-order valence-electron chi connectivity index (χ1n) is 10.7. The lowest BCUT2D eigenvalue weighted by Gasteiger charge is -2.38. The molecule has 158 valence electrons. The molecule has 1 unspecified atom stereocenters. The van der Waals surface area contributed by atoms with Gasteiger partial charge in [0.1, 0.15) is 0 Å². The highest BCUT2D eigenvalue weighted by molar-refractivity contribution is 5.78. The molecule has 1 aliphatic carbocycles. The zero-order valence-corrected chi connectivity index (χ0v) is 18.6. The molecule has 0 aromatic heterocycles. The Bertz CT molecular complexity index is 684. The molecule has 2 atom stereocenters. The second-order valence-corrected chi connectivity index (χ2v) is 8.72. The summed E-state index contributed by atoms with van der Waals surface area (Å²) < 4.78 is 0. The maximum atomic E-state index is 9.63. The summed E-state index contributed by atoms with van der Waals surface area (Å²) in [5, 5.41) is 9.63. The van der Waals surface area contributed by atoms with Crippen LogP contribution in [0.4, 0.5) is 0 Å². The van der Waals surface area contributed by atoms with E-state index >= 15 is 0 Å². The molecule has 0 amide bonds. The Morgan fingerprint density at radius 3 is 2.57 bits per heavy atom. The Morgan fingerprint density at radius 2 is 2.07 bits per heavy atom. The zero-order chi connectivity index (χ0) is 20.9. The lowest BCUT2D eigenvalue weighted by Crippen LogP contribution is -2.52. The van der Waals surface area contributed by atoms with Crippen LogP contribution in [0.3, 0.4) is 0 Å². The van der Waals surface area contributed by atoms with E-state index in [1.807, 2.05) is 13.8 Å². The third kappa shape index (κ3) is 4.87. The summed E-state index contributed by atoms with van der Waals surface area (Å²) in [6.07, 6.45) is 7.09. The van der Waals surface area contributed by atoms with Crippen molar-refractivity contribution in [2.45, 2.75) is 90.2 Å². The number of hydrogen-bond acceptors (Lipinski definition) is 3. The van der Waals surface area contributed by atoms with Crippen LogP contribution in [0.25, 0.3) is 0 Å². The maximum absolute atomic E-state index is 9.63. The molecular formula is C23H39N3O2. The van der Waals surface area contributed by atoms with Crippen LogP contribution in [-0.4, -0.2) is 35.4 Å². The van der Waals surface area contributed by atoms with Crippen molar-refractivity contribution in [3.63, 3.8) is 0 Å². The summed E-state index contributed by atoms with van der Waals surface area (Å²) in [6.45, 7) is 11.0. The zero-order valence-electron chi connectivity index (χ0n) is 18.6. The van der Waals surface area contributed by atoms with Crippen molar-refractivity contribution in [3.05, 3.63) is 34.9 Å². The minimum Gasteiger partial charge on any atom is -0.370 e. The topological polar surface area (TPSA) is 71.1 Å². The van der Waals surface area contributed by atoms with Gasteiger partial charge >= 0.3 is 0 Å². The molecule has 1 aromatic rings. The van der Waals surface area contributed by atoms with Crippen molar-refractivity contribution < 1.29 is 10.1 Å². The van der Waals surface area contributed by atoms with Gasteiger partial charge in [0.15, 0.2) is 11.7 Å². The highest BCUT2D eigenvalue weighted by Gasteiger charge is 2.43. The summed E-state index contributed by atoms with van der Waals surface area (Å²) in [5.74, 6) is 0.568. The van der Waals surface area contributed by atoms with Gasteiger partial charge in [-0.05, 0) is 68.1 Å². The predicted octanol–water partition coefficient (Wildman–Crippen LogP) is 5.18. The van der Waals surface area contributed by atoms with E-state index in [0.717, 1.165) is 0 Å². The lowest BCUT2D eigenvalue weighted by molar-refractivity contribution is -0.350. The molecule has 28 heavy (non-hydrogen) atoms. The lowest BCUT2D eigenvalue weighted by atomic mass is 9.84. The van der Waals surface area contributed by atoms with E-state index in [2.05, 4.69) is 44.0 Å². The monoisotopic (exact) mass is 389 g/mol. The molecule has 5 heteroatoms. The molecule has 0 spiro atoms. The number of aliphatic imine (C=N–C) groups is 1. The van der Waals surface area contributed by atoms with E-state index in [1.54, 1.807) is 11.9 Å². The molecule has 1 aliphatic rings. The van der Waals surface area contributed by atoms with E-state index in [1.165, 1.54) is 48.8 Å². The summed E-state index contributed by atoms with van der Waals surface area (Å²) in [4.78, 5) is 10.8. The highest BCUT2D eigenvalue weighted by atomic mass is 17.1. The van der Waals surface area contributed by atoms with Gasteiger partial charge in [-0.1, -0.05) is 44.9 Å². The fraction of sp³-hybridized carbons (Fsp3) is 0.696. The average molecular weight is 390 g/mol. The molecular weight excluding hydrogens is 350 g/mol. The predicted molar refractivity (Wildman–Crippen MR) is 117 cm³/mol. The number of aryl methyl sites for hydroxylation is 1. The minimum absolute atomic E-state index is 0.203. The quantitative estimate of drug-likeness (QED) is 0.190. The highest BCUT2D eigenvalue weighted by Crippen LogP contribution is 2.52. The number of rotatable bonds is 10. The third-order valence-electron chi connectivity index (χ3n) is 6.53. The van der Waals surface area contributed by atoms with Crippen molar-refractivity contribution >= 4 is 5.96 Å². The summed E-state index contributed by atoms with van der Waals surface area (Å²) in [5.41, 5.74) is 9.62. The van der Waals surface area contributed by atoms with E-state index in [9.17, 15) is 5.26 Å². The van der Waals surface area contributed by atoms with Crippen molar-refractivity contribution in [1.29, 1.82) is 0 Å². The molecule has 0 aliphatic heterocycles. The van der Waals surface area contributed by atoms with Gasteiger partial charge in [-0.25, -0.2) is 10.1 Å². The van der Waals surface area contributed by atoms with Crippen molar-refractivity contribution in [3.8, 4) is 0 Å². The van der Waals surface area contributed by atoms with E-state index in [-0.39, 0.29) is 5.92 Å². The van der Waals surface area contributed by atoms with Crippen molar-refractivity contribution in [2.75, 3.05) is 13.6 Å². The normalized spacial score (nSPS) is 19.2. The standard InChI is InChI=1S/C23H39N3O2/c1-7-9-12-23(13-14-23)19-10-11-20(17(3)15-19)18(4)16-22(5,28-27)26(6)21(24)25-8-2/h10-11,15,18,27H,7-9,12-14,16H2,1-6H3,(H2,24,25)/t18-,22?/m0/s1. The van der Waals surface area contributed by atoms with Gasteiger partial charge in [-0.2, -0.15) is 0 Å². The third-order valence-corrected chi connectivity index (χ3v) is 6.53. The van der Waals surface area contributed by atoms with Crippen LogP contribution in [0.5, 0.6) is 0 Å². The number of nitrogens with two attached hydrogens (primary N) is 1. The van der Waals surface area contributed by atoms with Crippen LogP contribution in [0.2, 0.25) is 0 Å². The molecule has 5 nitrogen and oxygen atoms in total. The van der Waals surface area contributed by atoms with Crippen molar-refractivity contribution in [1.82, 2.24) is 4.90 Å². The van der Waals surface area contributed by atoms with Crippen LogP contribution < -0.4 is 5.73 Å². The molecule has 0 radical (unpaired) electrons. The fourth-order valence-corrected chi connectivity index (χ4v) is 4.33. The Kier molecular flexibility index (Phi) is 7.52. The molecule has 1 saturated carbocycles. The van der Waals surface area contributed by atoms with Gasteiger partial charge in [0, 0.05) is 20.0 Å². The Labute approximate surface area is 170 Å². The Morgan fingerprint density at radius 1 is 1.39 bits per heavy atom. The van der Waals surface area contributed by atoms with E-state index in [4.69, 9.17) is 10.6 Å². The van der Waals surface area contributed by atoms with Gasteiger partial charge in [-0.3, -0.25) is 4.99 Å². The van der Waals surface area contributed by atoms with Gasteiger partial charge < -0.3 is 10.6 Å². The maximum Gasteiger partial charge on any atom is 0.193 e. The first-order valence-corrected chi connectivity index (χ1v) is 10.7.